The summed E-state index contributed by atoms with van der Waals surface area (Å²) >= 11 is 6.12. The third-order valence-electron chi connectivity index (χ3n) is 3.65. The molecule has 2 aromatic heterocycles. The van der Waals surface area contributed by atoms with Gasteiger partial charge < -0.3 is 0 Å². The fraction of sp³-hybridized carbons (Fsp3) is 0. The van der Waals surface area contributed by atoms with E-state index in [-0.39, 0.29) is 0 Å². The fourth-order valence-electron chi connectivity index (χ4n) is 2.66. The van der Waals surface area contributed by atoms with Crippen molar-refractivity contribution in [1.82, 2.24) is 15.2 Å². The first-order valence-electron chi connectivity index (χ1n) is 6.97. The first kappa shape index (κ1) is 13.0. The molecule has 0 amide bonds. The van der Waals surface area contributed by atoms with Gasteiger partial charge in [0, 0.05) is 16.8 Å². The zero-order chi connectivity index (χ0) is 14.9. The zero-order valence-corrected chi connectivity index (χ0v) is 12.4. The molecule has 0 atom stereocenters. The minimum atomic E-state index is 0.699. The minimum absolute atomic E-state index is 0.699. The van der Waals surface area contributed by atoms with Crippen molar-refractivity contribution in [3.8, 4) is 22.4 Å². The highest BCUT2D eigenvalue weighted by molar-refractivity contribution is 6.30. The van der Waals surface area contributed by atoms with Crippen molar-refractivity contribution in [2.45, 2.75) is 0 Å². The molecule has 0 aliphatic carbocycles. The maximum atomic E-state index is 6.12. The van der Waals surface area contributed by atoms with Gasteiger partial charge in [0.2, 0.25) is 0 Å². The lowest BCUT2D eigenvalue weighted by Crippen LogP contribution is -1.84. The fourth-order valence-corrected chi connectivity index (χ4v) is 2.85. The van der Waals surface area contributed by atoms with E-state index < -0.39 is 0 Å². The van der Waals surface area contributed by atoms with Crippen LogP contribution in [0.15, 0.2) is 66.9 Å². The van der Waals surface area contributed by atoms with Gasteiger partial charge in [-0.3, -0.25) is 5.10 Å². The van der Waals surface area contributed by atoms with Gasteiger partial charge in [0.1, 0.15) is 0 Å². The number of nitrogens with zero attached hydrogens (tertiary/aromatic N) is 2. The first-order valence-corrected chi connectivity index (χ1v) is 7.35. The number of aromatic nitrogens is 3. The van der Waals surface area contributed by atoms with Gasteiger partial charge in [-0.25, -0.2) is 4.98 Å². The van der Waals surface area contributed by atoms with Crippen molar-refractivity contribution in [3.05, 3.63) is 71.9 Å². The Bertz CT molecular complexity index is 945. The van der Waals surface area contributed by atoms with E-state index in [0.29, 0.717) is 10.7 Å². The summed E-state index contributed by atoms with van der Waals surface area (Å²) in [6.45, 7) is 0. The van der Waals surface area contributed by atoms with Gasteiger partial charge >= 0.3 is 0 Å². The normalized spacial score (nSPS) is 11.0. The molecule has 0 saturated heterocycles. The Morgan fingerprint density at radius 3 is 2.50 bits per heavy atom. The predicted octanol–water partition coefficient (Wildman–Crippen LogP) is 4.95. The molecular formula is C18H12ClN3. The Kier molecular flexibility index (Phi) is 3.13. The molecule has 0 spiro atoms. The summed E-state index contributed by atoms with van der Waals surface area (Å²) < 4.78 is 0. The molecule has 22 heavy (non-hydrogen) atoms. The van der Waals surface area contributed by atoms with Crippen LogP contribution in [0.5, 0.6) is 0 Å². The predicted molar refractivity (Wildman–Crippen MR) is 89.8 cm³/mol. The number of hydrogen-bond donors (Lipinski definition) is 1. The summed E-state index contributed by atoms with van der Waals surface area (Å²) in [5.41, 5.74) is 4.88. The molecule has 0 fully saturated rings. The van der Waals surface area contributed by atoms with Crippen LogP contribution in [-0.2, 0) is 0 Å². The molecule has 4 rings (SSSR count). The summed E-state index contributed by atoms with van der Waals surface area (Å²) in [5, 5.41) is 9.14. The van der Waals surface area contributed by atoms with Crippen molar-refractivity contribution in [2.24, 2.45) is 0 Å². The maximum Gasteiger partial charge on any atom is 0.182 e. The second-order valence-electron chi connectivity index (χ2n) is 5.03. The average Bonchev–Trinajstić information content (AvgIpc) is 3.00. The Morgan fingerprint density at radius 1 is 0.864 bits per heavy atom. The summed E-state index contributed by atoms with van der Waals surface area (Å²) in [6.07, 6.45) is 1.78. The number of H-pyrrole nitrogens is 1. The van der Waals surface area contributed by atoms with E-state index in [0.717, 1.165) is 27.8 Å². The number of benzene rings is 2. The van der Waals surface area contributed by atoms with Crippen molar-refractivity contribution in [2.75, 3.05) is 0 Å². The van der Waals surface area contributed by atoms with Crippen LogP contribution in [0, 0.1) is 0 Å². The molecule has 4 aromatic rings. The smallest absolute Gasteiger partial charge is 0.182 e. The number of rotatable bonds is 2. The van der Waals surface area contributed by atoms with Crippen LogP contribution in [0.2, 0.25) is 5.02 Å². The highest BCUT2D eigenvalue weighted by Gasteiger charge is 2.14. The van der Waals surface area contributed by atoms with Crippen molar-refractivity contribution in [3.63, 3.8) is 0 Å². The van der Waals surface area contributed by atoms with E-state index >= 15 is 0 Å². The molecule has 2 aromatic carbocycles. The third kappa shape index (κ3) is 2.16. The highest BCUT2D eigenvalue weighted by atomic mass is 35.5. The quantitative estimate of drug-likeness (QED) is 0.569. The van der Waals surface area contributed by atoms with Gasteiger partial charge in [0.25, 0.3) is 0 Å². The van der Waals surface area contributed by atoms with Gasteiger partial charge in [0.05, 0.1) is 11.1 Å². The van der Waals surface area contributed by atoms with Gasteiger partial charge in [0.15, 0.2) is 5.65 Å². The van der Waals surface area contributed by atoms with E-state index in [2.05, 4.69) is 27.3 Å². The van der Waals surface area contributed by atoms with Gasteiger partial charge in [-0.2, -0.15) is 5.10 Å². The maximum absolute atomic E-state index is 6.12. The van der Waals surface area contributed by atoms with E-state index in [1.807, 2.05) is 48.5 Å². The van der Waals surface area contributed by atoms with Crippen molar-refractivity contribution >= 4 is 22.6 Å². The second kappa shape index (κ2) is 5.28. The molecule has 0 aliphatic rings. The van der Waals surface area contributed by atoms with E-state index in [1.165, 1.54) is 0 Å². The summed E-state index contributed by atoms with van der Waals surface area (Å²) in [6, 6.07) is 20.0. The molecule has 0 bridgehead atoms. The average molecular weight is 306 g/mol. The highest BCUT2D eigenvalue weighted by Crippen LogP contribution is 2.34. The largest absolute Gasteiger partial charge is 0.275 e. The second-order valence-corrected chi connectivity index (χ2v) is 5.47. The first-order chi connectivity index (χ1) is 10.8. The molecule has 106 valence electrons. The SMILES string of the molecule is Clc1cccc(-c2[nH]nc3nccc(-c4ccccc4)c23)c1. The third-order valence-corrected chi connectivity index (χ3v) is 3.89. The number of aromatic amines is 1. The van der Waals surface area contributed by atoms with Gasteiger partial charge in [-0.05, 0) is 29.3 Å². The molecule has 0 radical (unpaired) electrons. The molecule has 3 nitrogen and oxygen atoms in total. The van der Waals surface area contributed by atoms with Crippen LogP contribution >= 0.6 is 11.6 Å². The number of fused-ring (bicyclic) bond motifs is 1. The summed E-state index contributed by atoms with van der Waals surface area (Å²) in [4.78, 5) is 4.36. The summed E-state index contributed by atoms with van der Waals surface area (Å²) in [7, 11) is 0. The van der Waals surface area contributed by atoms with E-state index in [9.17, 15) is 0 Å². The topological polar surface area (TPSA) is 41.6 Å². The van der Waals surface area contributed by atoms with Gasteiger partial charge in [-0.15, -0.1) is 0 Å². The van der Waals surface area contributed by atoms with Crippen LogP contribution in [0.4, 0.5) is 0 Å². The summed E-state index contributed by atoms with van der Waals surface area (Å²) in [5.74, 6) is 0. The van der Waals surface area contributed by atoms with Crippen LogP contribution in [0.25, 0.3) is 33.4 Å². The van der Waals surface area contributed by atoms with Crippen LogP contribution < -0.4 is 0 Å². The molecule has 0 aliphatic heterocycles. The standard InChI is InChI=1S/C18H12ClN3/c19-14-8-4-7-13(11-14)17-16-15(12-5-2-1-3-6-12)9-10-20-18(16)22-21-17/h1-11H,(H,20,21,22). The number of pyridine rings is 1. The Morgan fingerprint density at radius 2 is 1.68 bits per heavy atom. The lowest BCUT2D eigenvalue weighted by atomic mass is 10.00. The molecule has 4 heteroatoms. The van der Waals surface area contributed by atoms with E-state index in [1.54, 1.807) is 6.20 Å². The number of halogens is 1. The minimum Gasteiger partial charge on any atom is -0.275 e. The van der Waals surface area contributed by atoms with Crippen LogP contribution in [0.3, 0.4) is 0 Å². The zero-order valence-electron chi connectivity index (χ0n) is 11.6. The molecular weight excluding hydrogens is 294 g/mol. The Balaban J connectivity index is 2.02. The van der Waals surface area contributed by atoms with Crippen molar-refractivity contribution in [1.29, 1.82) is 0 Å². The number of nitrogens with one attached hydrogen (secondary N) is 1. The monoisotopic (exact) mass is 305 g/mol. The molecule has 0 saturated carbocycles. The molecule has 1 N–H and O–H groups in total. The van der Waals surface area contributed by atoms with Crippen LogP contribution in [0.1, 0.15) is 0 Å². The van der Waals surface area contributed by atoms with Gasteiger partial charge in [-0.1, -0.05) is 54.1 Å². The molecule has 0 unspecified atom stereocenters. The lowest BCUT2D eigenvalue weighted by Gasteiger charge is -2.05. The Labute approximate surface area is 132 Å². The van der Waals surface area contributed by atoms with E-state index in [4.69, 9.17) is 11.6 Å². The Hall–Kier alpha value is -2.65. The molecule has 2 heterocycles. The van der Waals surface area contributed by atoms with Crippen molar-refractivity contribution < 1.29 is 0 Å². The number of hydrogen-bond acceptors (Lipinski definition) is 2. The lowest BCUT2D eigenvalue weighted by molar-refractivity contribution is 1.10. The van der Waals surface area contributed by atoms with Crippen LogP contribution in [-0.4, -0.2) is 15.2 Å².